The lowest BCUT2D eigenvalue weighted by Crippen LogP contribution is -2.16. The average Bonchev–Trinajstić information content (AvgIpc) is 2.80. The van der Waals surface area contributed by atoms with Gasteiger partial charge in [-0.05, 0) is 12.8 Å². The van der Waals surface area contributed by atoms with E-state index in [2.05, 4.69) is 27.4 Å². The number of hydrogen-bond acceptors (Lipinski definition) is 5. The summed E-state index contributed by atoms with van der Waals surface area (Å²) in [5.41, 5.74) is 0. The number of anilines is 1. The van der Waals surface area contributed by atoms with Crippen LogP contribution in [0.25, 0.3) is 0 Å². The molecule has 0 aliphatic heterocycles. The molecule has 0 spiro atoms. The molecule has 1 aromatic heterocycles. The predicted octanol–water partition coefficient (Wildman–Crippen LogP) is 1.78. The number of carboxylic acids is 1. The van der Waals surface area contributed by atoms with Gasteiger partial charge < -0.3 is 10.4 Å². The van der Waals surface area contributed by atoms with Crippen LogP contribution in [0.2, 0.25) is 0 Å². The Labute approximate surface area is 103 Å². The van der Waals surface area contributed by atoms with Crippen molar-refractivity contribution in [1.82, 2.24) is 9.97 Å². The van der Waals surface area contributed by atoms with Crippen molar-refractivity contribution < 1.29 is 9.90 Å². The lowest BCUT2D eigenvalue weighted by atomic mass is 10.2. The van der Waals surface area contributed by atoms with Crippen LogP contribution in [-0.4, -0.2) is 32.8 Å². The molecule has 0 saturated heterocycles. The van der Waals surface area contributed by atoms with Crippen molar-refractivity contribution in [3.8, 4) is 0 Å². The summed E-state index contributed by atoms with van der Waals surface area (Å²) in [7, 11) is 0. The molecule has 90 valence electrons. The molecule has 0 amide bonds. The Morgan fingerprint density at radius 3 is 2.94 bits per heavy atom. The number of hydrogen-bond donors (Lipinski definition) is 2. The Balaban J connectivity index is 1.93. The normalized spacial score (nSPS) is 15.1. The zero-order valence-electron chi connectivity index (χ0n) is 9.17. The third kappa shape index (κ3) is 3.74. The standard InChI is InChI=1S/C11H13N3O2S/c15-11(16)7-17-10-6-12-5-9(14-10)13-8-3-1-2-4-8/h1-2,5-6,8H,3-4,7H2,(H,13,14)(H,15,16). The number of nitrogens with zero attached hydrogens (tertiary/aromatic N) is 2. The van der Waals surface area contributed by atoms with Gasteiger partial charge in [-0.25, -0.2) is 4.98 Å². The first kappa shape index (κ1) is 11.9. The van der Waals surface area contributed by atoms with Crippen molar-refractivity contribution in [1.29, 1.82) is 0 Å². The molecule has 1 aliphatic carbocycles. The number of thioether (sulfide) groups is 1. The van der Waals surface area contributed by atoms with Gasteiger partial charge >= 0.3 is 5.97 Å². The fraction of sp³-hybridized carbons (Fsp3) is 0.364. The first-order valence-electron chi connectivity index (χ1n) is 5.32. The van der Waals surface area contributed by atoms with Crippen LogP contribution in [0, 0.1) is 0 Å². The highest BCUT2D eigenvalue weighted by Gasteiger charge is 2.11. The van der Waals surface area contributed by atoms with Crippen molar-refractivity contribution in [2.75, 3.05) is 11.1 Å². The molecule has 0 fully saturated rings. The van der Waals surface area contributed by atoms with E-state index in [1.54, 1.807) is 12.4 Å². The van der Waals surface area contributed by atoms with E-state index in [-0.39, 0.29) is 5.75 Å². The van der Waals surface area contributed by atoms with Gasteiger partial charge in [0, 0.05) is 6.04 Å². The number of aliphatic carboxylic acids is 1. The molecule has 2 N–H and O–H groups in total. The van der Waals surface area contributed by atoms with Crippen LogP contribution in [0.5, 0.6) is 0 Å². The zero-order chi connectivity index (χ0) is 12.1. The average molecular weight is 251 g/mol. The minimum Gasteiger partial charge on any atom is -0.481 e. The molecule has 0 saturated carbocycles. The van der Waals surface area contributed by atoms with Crippen LogP contribution in [0.4, 0.5) is 5.82 Å². The van der Waals surface area contributed by atoms with E-state index in [0.29, 0.717) is 16.9 Å². The van der Waals surface area contributed by atoms with E-state index in [9.17, 15) is 4.79 Å². The van der Waals surface area contributed by atoms with E-state index >= 15 is 0 Å². The molecular weight excluding hydrogens is 238 g/mol. The van der Waals surface area contributed by atoms with Crippen LogP contribution in [-0.2, 0) is 4.79 Å². The Kier molecular flexibility index (Phi) is 3.98. The van der Waals surface area contributed by atoms with Gasteiger partial charge in [-0.1, -0.05) is 23.9 Å². The Bertz CT molecular complexity index is 428. The molecule has 1 aliphatic rings. The van der Waals surface area contributed by atoms with E-state index in [0.717, 1.165) is 12.8 Å². The molecule has 0 radical (unpaired) electrons. The smallest absolute Gasteiger partial charge is 0.313 e. The molecule has 1 aromatic rings. The molecule has 0 unspecified atom stereocenters. The summed E-state index contributed by atoms with van der Waals surface area (Å²) in [5.74, 6) is -0.146. The van der Waals surface area contributed by atoms with Crippen LogP contribution in [0.3, 0.4) is 0 Å². The van der Waals surface area contributed by atoms with Gasteiger partial charge in [0.1, 0.15) is 10.8 Å². The molecule has 0 bridgehead atoms. The first-order chi connectivity index (χ1) is 8.24. The van der Waals surface area contributed by atoms with Crippen LogP contribution in [0.15, 0.2) is 29.6 Å². The molecule has 5 nitrogen and oxygen atoms in total. The van der Waals surface area contributed by atoms with Gasteiger partial charge in [-0.15, -0.1) is 0 Å². The zero-order valence-corrected chi connectivity index (χ0v) is 9.98. The summed E-state index contributed by atoms with van der Waals surface area (Å²) in [5, 5.41) is 12.5. The summed E-state index contributed by atoms with van der Waals surface area (Å²) in [6.45, 7) is 0. The fourth-order valence-corrected chi connectivity index (χ4v) is 2.14. The molecular formula is C11H13N3O2S. The minimum absolute atomic E-state index is 0.00309. The number of carbonyl (C=O) groups is 1. The molecule has 0 atom stereocenters. The van der Waals surface area contributed by atoms with Crippen molar-refractivity contribution in [2.45, 2.75) is 23.9 Å². The van der Waals surface area contributed by atoms with Crippen LogP contribution >= 0.6 is 11.8 Å². The molecule has 0 aromatic carbocycles. The highest BCUT2D eigenvalue weighted by molar-refractivity contribution is 7.99. The van der Waals surface area contributed by atoms with Crippen LogP contribution in [0.1, 0.15) is 12.8 Å². The Morgan fingerprint density at radius 2 is 2.24 bits per heavy atom. The van der Waals surface area contributed by atoms with Gasteiger partial charge in [-0.3, -0.25) is 9.78 Å². The second kappa shape index (κ2) is 5.67. The summed E-state index contributed by atoms with van der Waals surface area (Å²) >= 11 is 1.17. The lowest BCUT2D eigenvalue weighted by molar-refractivity contribution is -0.133. The fourth-order valence-electron chi connectivity index (χ4n) is 1.57. The van der Waals surface area contributed by atoms with Crippen LogP contribution < -0.4 is 5.32 Å². The minimum atomic E-state index is -0.852. The Morgan fingerprint density at radius 1 is 1.47 bits per heavy atom. The third-order valence-corrected chi connectivity index (χ3v) is 3.20. The molecule has 6 heteroatoms. The topological polar surface area (TPSA) is 75.1 Å². The summed E-state index contributed by atoms with van der Waals surface area (Å²) in [4.78, 5) is 18.8. The van der Waals surface area contributed by atoms with E-state index < -0.39 is 5.97 Å². The Hall–Kier alpha value is -1.56. The maximum absolute atomic E-state index is 10.4. The van der Waals surface area contributed by atoms with E-state index in [4.69, 9.17) is 5.11 Å². The lowest BCUT2D eigenvalue weighted by Gasteiger charge is -2.12. The summed E-state index contributed by atoms with van der Waals surface area (Å²) in [6, 6.07) is 0.379. The second-order valence-corrected chi connectivity index (χ2v) is 4.70. The maximum atomic E-state index is 10.4. The number of rotatable bonds is 5. The van der Waals surface area contributed by atoms with E-state index in [1.165, 1.54) is 11.8 Å². The van der Waals surface area contributed by atoms with Crippen molar-refractivity contribution in [3.05, 3.63) is 24.5 Å². The van der Waals surface area contributed by atoms with Gasteiger partial charge in [0.2, 0.25) is 0 Å². The van der Waals surface area contributed by atoms with Crippen molar-refractivity contribution in [3.63, 3.8) is 0 Å². The second-order valence-electron chi connectivity index (χ2n) is 3.71. The maximum Gasteiger partial charge on any atom is 0.313 e. The number of aromatic nitrogens is 2. The van der Waals surface area contributed by atoms with Gasteiger partial charge in [0.15, 0.2) is 0 Å². The SMILES string of the molecule is O=C(O)CSc1cncc(NC2CC=CC2)n1. The third-order valence-electron chi connectivity index (χ3n) is 2.32. The van der Waals surface area contributed by atoms with Crippen molar-refractivity contribution >= 4 is 23.5 Å². The number of carboxylic acid groups (broad SMARTS) is 1. The van der Waals surface area contributed by atoms with Gasteiger partial charge in [0.25, 0.3) is 0 Å². The largest absolute Gasteiger partial charge is 0.481 e. The van der Waals surface area contributed by atoms with Gasteiger partial charge in [-0.2, -0.15) is 0 Å². The summed E-state index contributed by atoms with van der Waals surface area (Å²) in [6.07, 6.45) is 9.49. The monoisotopic (exact) mass is 251 g/mol. The number of nitrogens with one attached hydrogen (secondary N) is 1. The molecule has 1 heterocycles. The molecule has 17 heavy (non-hydrogen) atoms. The van der Waals surface area contributed by atoms with Crippen molar-refractivity contribution in [2.24, 2.45) is 0 Å². The van der Waals surface area contributed by atoms with E-state index in [1.807, 2.05) is 0 Å². The molecule has 2 rings (SSSR count). The highest BCUT2D eigenvalue weighted by atomic mass is 32.2. The van der Waals surface area contributed by atoms with Gasteiger partial charge in [0.05, 0.1) is 18.1 Å². The highest BCUT2D eigenvalue weighted by Crippen LogP contribution is 2.18. The first-order valence-corrected chi connectivity index (χ1v) is 6.31. The predicted molar refractivity (Wildman–Crippen MR) is 66.2 cm³/mol. The quantitative estimate of drug-likeness (QED) is 0.614. The summed E-state index contributed by atoms with van der Waals surface area (Å²) < 4.78 is 0.